The van der Waals surface area contributed by atoms with Gasteiger partial charge in [0, 0.05) is 81.1 Å². The predicted octanol–water partition coefficient (Wildman–Crippen LogP) is 8.05. The average molecular weight is 890 g/mol. The highest BCUT2D eigenvalue weighted by Crippen LogP contribution is 2.58. The minimum absolute atomic E-state index is 0.0782. The molecule has 0 radical (unpaired) electrons. The van der Waals surface area contributed by atoms with Crippen molar-refractivity contribution in [3.05, 3.63) is 88.1 Å². The van der Waals surface area contributed by atoms with E-state index in [-0.39, 0.29) is 82.9 Å². The van der Waals surface area contributed by atoms with Crippen molar-refractivity contribution in [2.45, 2.75) is 83.5 Å². The second kappa shape index (κ2) is 16.1. The van der Waals surface area contributed by atoms with Gasteiger partial charge >= 0.3 is 12.0 Å². The first-order valence-electron chi connectivity index (χ1n) is 23.3. The molecule has 5 fully saturated rings. The van der Waals surface area contributed by atoms with Crippen molar-refractivity contribution in [2.24, 2.45) is 22.7 Å². The third-order valence-electron chi connectivity index (χ3n) is 15.3. The van der Waals surface area contributed by atoms with Crippen molar-refractivity contribution < 1.29 is 32.6 Å². The number of carbonyl (C=O) groups is 2. The number of fused-ring (bicyclic) bond motifs is 3. The summed E-state index contributed by atoms with van der Waals surface area (Å²) >= 11 is 0. The van der Waals surface area contributed by atoms with Crippen LogP contribution in [-0.2, 0) is 4.79 Å². The molecule has 13 nitrogen and oxygen atoms in total. The topological polar surface area (TPSA) is 153 Å². The second-order valence-corrected chi connectivity index (χ2v) is 19.9. The number of hydrogen-bond donors (Lipinski definition) is 3. The quantitative estimate of drug-likeness (QED) is 0.127. The number of amides is 3. The molecule has 1 aromatic carbocycles. The Morgan fingerprint density at radius 2 is 1.86 bits per heavy atom. The zero-order valence-electron chi connectivity index (χ0n) is 36.8. The van der Waals surface area contributed by atoms with Gasteiger partial charge in [0.1, 0.15) is 23.0 Å². The smallest absolute Gasteiger partial charge is 0.329 e. The number of aliphatic hydroxyl groups is 1. The summed E-state index contributed by atoms with van der Waals surface area (Å²) in [4.78, 5) is 44.6. The SMILES string of the molecule is CCC1=C(F)C=CC2=CC(C)=CC(c3ncc4c(N5CCC[C@H](CCO)C5)nc(OCC5(CN6CC7(CC(c8cc9[nH]nc(N%10CCC(=O)NC%10=O)c9cc8F)C7)C6)CC5)nc4c3F)C21. The summed E-state index contributed by atoms with van der Waals surface area (Å²) in [5.74, 6) is -1.14. The van der Waals surface area contributed by atoms with Gasteiger partial charge < -0.3 is 19.6 Å². The van der Waals surface area contributed by atoms with Gasteiger partial charge in [0.15, 0.2) is 11.6 Å². The Hall–Kier alpha value is -5.61. The van der Waals surface area contributed by atoms with Crippen LogP contribution in [0.15, 0.2) is 65.2 Å². The Bertz CT molecular complexity index is 2740. The maximum Gasteiger partial charge on any atom is 0.329 e. The zero-order chi connectivity index (χ0) is 44.8. The van der Waals surface area contributed by atoms with Crippen LogP contribution in [0.2, 0.25) is 0 Å². The Kier molecular flexibility index (Phi) is 10.4. The van der Waals surface area contributed by atoms with Crippen LogP contribution in [0.3, 0.4) is 0 Å². The molecular formula is C49H54F3N9O4. The highest BCUT2D eigenvalue weighted by Gasteiger charge is 2.56. The largest absolute Gasteiger partial charge is 0.463 e. The number of aromatic amines is 1. The number of anilines is 2. The molecule has 4 aromatic rings. The van der Waals surface area contributed by atoms with Crippen molar-refractivity contribution >= 4 is 45.4 Å². The van der Waals surface area contributed by atoms with E-state index in [0.717, 1.165) is 75.9 Å². The number of ether oxygens (including phenoxy) is 1. The second-order valence-electron chi connectivity index (χ2n) is 19.9. The molecule has 3 saturated heterocycles. The predicted molar refractivity (Wildman–Crippen MR) is 239 cm³/mol. The molecule has 340 valence electrons. The first kappa shape index (κ1) is 42.1. The Balaban J connectivity index is 0.790. The number of likely N-dealkylation sites (tertiary alicyclic amines) is 1. The molecule has 2 unspecified atom stereocenters. The molecule has 3 atom stereocenters. The molecule has 2 saturated carbocycles. The van der Waals surface area contributed by atoms with E-state index in [2.05, 4.69) is 25.3 Å². The minimum atomic E-state index is -0.561. The number of rotatable bonds is 12. The summed E-state index contributed by atoms with van der Waals surface area (Å²) in [6.07, 6.45) is 16.0. The third kappa shape index (κ3) is 7.50. The van der Waals surface area contributed by atoms with Gasteiger partial charge in [-0.1, -0.05) is 30.7 Å². The van der Waals surface area contributed by atoms with Gasteiger partial charge in [0.05, 0.1) is 23.2 Å². The number of piperidine rings is 1. The number of halogens is 3. The summed E-state index contributed by atoms with van der Waals surface area (Å²) in [6, 6.07) is 2.83. The molecule has 3 aromatic heterocycles. The number of urea groups is 1. The number of pyridine rings is 1. The van der Waals surface area contributed by atoms with E-state index in [1.807, 2.05) is 32.1 Å². The normalized spacial score (nSPS) is 25.1. The van der Waals surface area contributed by atoms with Gasteiger partial charge in [0.2, 0.25) is 5.91 Å². The van der Waals surface area contributed by atoms with Crippen molar-refractivity contribution in [3.63, 3.8) is 0 Å². The molecule has 4 aliphatic carbocycles. The van der Waals surface area contributed by atoms with Crippen LogP contribution in [0, 0.1) is 34.3 Å². The molecule has 16 heteroatoms. The van der Waals surface area contributed by atoms with Gasteiger partial charge in [-0.25, -0.2) is 18.0 Å². The fourth-order valence-corrected chi connectivity index (χ4v) is 11.9. The van der Waals surface area contributed by atoms with E-state index in [0.29, 0.717) is 65.1 Å². The summed E-state index contributed by atoms with van der Waals surface area (Å²) in [5.41, 5.74) is 4.26. The number of nitrogens with one attached hydrogen (secondary N) is 2. The number of hydrogen-bond acceptors (Lipinski definition) is 10. The molecule has 3 aliphatic heterocycles. The van der Waals surface area contributed by atoms with Crippen LogP contribution in [0.5, 0.6) is 6.01 Å². The summed E-state index contributed by atoms with van der Waals surface area (Å²) in [7, 11) is 0. The lowest BCUT2D eigenvalue weighted by atomic mass is 9.56. The number of H-pyrrole nitrogens is 1. The highest BCUT2D eigenvalue weighted by atomic mass is 19.1. The van der Waals surface area contributed by atoms with Crippen LogP contribution in [0.1, 0.15) is 94.7 Å². The van der Waals surface area contributed by atoms with E-state index >= 15 is 13.2 Å². The fourth-order valence-electron chi connectivity index (χ4n) is 11.9. The molecule has 3 N–H and O–H groups in total. The van der Waals surface area contributed by atoms with Gasteiger partial charge in [-0.05, 0) is 110 Å². The van der Waals surface area contributed by atoms with Crippen LogP contribution < -0.4 is 19.9 Å². The number of aromatic nitrogens is 5. The van der Waals surface area contributed by atoms with Gasteiger partial charge in [-0.15, -0.1) is 0 Å². The standard InChI is InChI=1S/C49H54F3N9O4/c1-3-31-36(50)7-6-29-15-27(2)16-34(40(29)31)42-41(52)43-35(21-53-42)44(60-12-4-5-28(22-60)9-14-62)56-46(55-43)65-26-48(10-11-48)23-59-24-49(25-59)19-30(20-49)32-18-38-33(17-37(32)51)45(58-57-38)61-13-8-39(63)54-47(61)64/h6-7,15-18,21,28,30,34,40,62H,3-5,8-14,19-20,22-26H2,1-2H3,(H,57,58)(H,54,63,64)/t28-,34?,40?/m1/s1. The summed E-state index contributed by atoms with van der Waals surface area (Å²) < 4.78 is 54.7. The number of aliphatic hydroxyl groups excluding tert-OH is 1. The maximum atomic E-state index is 17.2. The Labute approximate surface area is 374 Å². The van der Waals surface area contributed by atoms with Crippen LogP contribution in [0.4, 0.5) is 29.6 Å². The Morgan fingerprint density at radius 3 is 2.63 bits per heavy atom. The Morgan fingerprint density at radius 1 is 1.03 bits per heavy atom. The van der Waals surface area contributed by atoms with Crippen molar-refractivity contribution in [1.29, 1.82) is 0 Å². The lowest BCUT2D eigenvalue weighted by Gasteiger charge is -2.60. The van der Waals surface area contributed by atoms with Crippen LogP contribution in [0.25, 0.3) is 21.8 Å². The molecule has 65 heavy (non-hydrogen) atoms. The van der Waals surface area contributed by atoms with Crippen LogP contribution in [-0.4, -0.2) is 99.6 Å². The number of benzene rings is 1. The number of carbonyl (C=O) groups excluding carboxylic acids is 2. The van der Waals surface area contributed by atoms with E-state index in [1.165, 1.54) is 17.0 Å². The zero-order valence-corrected chi connectivity index (χ0v) is 36.8. The van der Waals surface area contributed by atoms with Gasteiger partial charge in [-0.3, -0.25) is 25.1 Å². The summed E-state index contributed by atoms with van der Waals surface area (Å²) in [6.45, 7) is 8.67. The maximum absolute atomic E-state index is 17.2. The third-order valence-corrected chi connectivity index (χ3v) is 15.3. The molecular weight excluding hydrogens is 836 g/mol. The lowest BCUT2D eigenvalue weighted by Crippen LogP contribution is -2.62. The first-order valence-corrected chi connectivity index (χ1v) is 23.3. The summed E-state index contributed by atoms with van der Waals surface area (Å²) in [5, 5.41) is 20.3. The number of allylic oxidation sites excluding steroid dienone is 8. The number of nitrogens with zero attached hydrogens (tertiary/aromatic N) is 7. The van der Waals surface area contributed by atoms with Crippen LogP contribution >= 0.6 is 0 Å². The molecule has 0 bridgehead atoms. The molecule has 7 aliphatic rings. The van der Waals surface area contributed by atoms with Gasteiger partial charge in [0.25, 0.3) is 0 Å². The van der Waals surface area contributed by atoms with E-state index < -0.39 is 17.8 Å². The van der Waals surface area contributed by atoms with Crippen molar-refractivity contribution in [3.8, 4) is 6.01 Å². The monoisotopic (exact) mass is 889 g/mol. The average Bonchev–Trinajstić information content (AvgIpc) is 3.92. The van der Waals surface area contributed by atoms with Crippen molar-refractivity contribution in [1.82, 2.24) is 35.4 Å². The van der Waals surface area contributed by atoms with E-state index in [4.69, 9.17) is 19.7 Å². The first-order chi connectivity index (χ1) is 31.4. The van der Waals surface area contributed by atoms with E-state index in [1.54, 1.807) is 12.3 Å². The number of imide groups is 1. The van der Waals surface area contributed by atoms with Gasteiger partial charge in [-0.2, -0.15) is 15.1 Å². The lowest BCUT2D eigenvalue weighted by molar-refractivity contribution is -0.120. The fraction of sp³-hybridized carbons (Fsp3) is 0.510. The molecule has 3 amide bonds. The molecule has 1 spiro atoms. The molecule has 11 rings (SSSR count). The van der Waals surface area contributed by atoms with Crippen molar-refractivity contribution in [2.75, 3.05) is 62.3 Å². The highest BCUT2D eigenvalue weighted by molar-refractivity contribution is 6.08. The molecule has 6 heterocycles. The van der Waals surface area contributed by atoms with E-state index in [9.17, 15) is 14.7 Å². The minimum Gasteiger partial charge on any atom is -0.463 e.